The molecule has 10 heteroatoms. The van der Waals surface area contributed by atoms with Crippen LogP contribution in [0.1, 0.15) is 5.56 Å². The molecule has 4 aromatic rings. The molecule has 0 atom stereocenters. The lowest BCUT2D eigenvalue weighted by molar-refractivity contribution is -0.118. The Balaban J connectivity index is 1.43. The zero-order valence-corrected chi connectivity index (χ0v) is 18.5. The molecule has 4 rings (SSSR count). The van der Waals surface area contributed by atoms with Gasteiger partial charge in [-0.15, -0.1) is 10.2 Å². The maximum atomic E-state index is 12.3. The van der Waals surface area contributed by atoms with Gasteiger partial charge in [0, 0.05) is 22.4 Å². The number of para-hydroxylation sites is 2. The Kier molecular flexibility index (Phi) is 6.80. The van der Waals surface area contributed by atoms with Crippen LogP contribution in [0.5, 0.6) is 0 Å². The predicted octanol–water partition coefficient (Wildman–Crippen LogP) is 5.07. The third kappa shape index (κ3) is 5.83. The maximum Gasteiger partial charge on any atom is 0.250 e. The first kappa shape index (κ1) is 20.9. The second-order valence-corrected chi connectivity index (χ2v) is 8.12. The largest absolute Gasteiger partial charge is 0.333 e. The van der Waals surface area contributed by atoms with Gasteiger partial charge in [0.15, 0.2) is 5.16 Å². The molecular formula is C21H16BrN7OS. The number of hydrogen-bond acceptors (Lipinski definition) is 6. The molecular weight excluding hydrogens is 478 g/mol. The smallest absolute Gasteiger partial charge is 0.250 e. The topological polar surface area (TPSA) is 108 Å². The quantitative estimate of drug-likeness (QED) is 0.128. The highest BCUT2D eigenvalue weighted by Gasteiger charge is 2.08. The fraction of sp³-hybridized carbons (Fsp3) is 0.0476. The van der Waals surface area contributed by atoms with E-state index in [1.165, 1.54) is 11.8 Å². The molecule has 2 aromatic heterocycles. The van der Waals surface area contributed by atoms with Crippen molar-refractivity contribution in [2.24, 2.45) is 15.3 Å². The number of amides is 1. The van der Waals surface area contributed by atoms with Gasteiger partial charge in [-0.1, -0.05) is 39.8 Å². The van der Waals surface area contributed by atoms with Crippen molar-refractivity contribution in [2.75, 3.05) is 5.75 Å². The molecule has 0 aliphatic rings. The lowest BCUT2D eigenvalue weighted by Crippen LogP contribution is -2.21. The van der Waals surface area contributed by atoms with Gasteiger partial charge in [0.1, 0.15) is 0 Å². The number of H-pyrrole nitrogens is 1. The van der Waals surface area contributed by atoms with Crippen LogP contribution in [-0.4, -0.2) is 32.4 Å². The molecule has 8 nitrogen and oxygen atoms in total. The van der Waals surface area contributed by atoms with Crippen LogP contribution in [0.4, 0.5) is 5.69 Å². The van der Waals surface area contributed by atoms with Crippen LogP contribution in [0, 0.1) is 0 Å². The average molecular weight is 494 g/mol. The van der Waals surface area contributed by atoms with Crippen LogP contribution < -0.4 is 5.43 Å². The summed E-state index contributed by atoms with van der Waals surface area (Å²) in [5.41, 5.74) is 5.60. The number of hydrogen-bond donors (Lipinski definition) is 2. The zero-order chi connectivity index (χ0) is 21.5. The number of nitrogens with one attached hydrogen (secondary N) is 2. The molecule has 0 bridgehead atoms. The summed E-state index contributed by atoms with van der Waals surface area (Å²) in [6, 6.07) is 18.6. The molecule has 0 radical (unpaired) electrons. The minimum absolute atomic E-state index is 0.146. The molecule has 31 heavy (non-hydrogen) atoms. The number of carbonyl (C=O) groups excluding carboxylic acids is 1. The molecule has 2 aromatic carbocycles. The van der Waals surface area contributed by atoms with E-state index >= 15 is 0 Å². The molecule has 154 valence electrons. The van der Waals surface area contributed by atoms with Crippen LogP contribution in [0.15, 0.2) is 98.0 Å². The van der Waals surface area contributed by atoms with Gasteiger partial charge in [-0.3, -0.25) is 9.78 Å². The first-order valence-electron chi connectivity index (χ1n) is 9.19. The van der Waals surface area contributed by atoms with Gasteiger partial charge in [-0.05, 0) is 48.5 Å². The van der Waals surface area contributed by atoms with Gasteiger partial charge in [-0.25, -0.2) is 10.4 Å². The second-order valence-electron chi connectivity index (χ2n) is 6.24. The van der Waals surface area contributed by atoms with Crippen molar-refractivity contribution in [3.63, 3.8) is 0 Å². The zero-order valence-electron chi connectivity index (χ0n) is 16.1. The Labute approximate surface area is 190 Å². The van der Waals surface area contributed by atoms with E-state index < -0.39 is 0 Å². The first-order chi connectivity index (χ1) is 15.2. The predicted molar refractivity (Wildman–Crippen MR) is 124 cm³/mol. The lowest BCUT2D eigenvalue weighted by Gasteiger charge is -2.02. The highest BCUT2D eigenvalue weighted by atomic mass is 79.9. The number of amidine groups is 1. The van der Waals surface area contributed by atoms with Gasteiger partial charge < -0.3 is 4.98 Å². The van der Waals surface area contributed by atoms with Crippen LogP contribution in [-0.2, 0) is 4.79 Å². The summed E-state index contributed by atoms with van der Waals surface area (Å²) in [6.45, 7) is 0. The minimum atomic E-state index is -0.286. The Morgan fingerprint density at radius 3 is 2.71 bits per heavy atom. The van der Waals surface area contributed by atoms with Gasteiger partial charge in [0.05, 0.1) is 22.5 Å². The number of benzene rings is 2. The molecule has 0 spiro atoms. The number of fused-ring (bicyclic) bond motifs is 1. The van der Waals surface area contributed by atoms with Gasteiger partial charge >= 0.3 is 0 Å². The van der Waals surface area contributed by atoms with E-state index in [9.17, 15) is 4.79 Å². The summed E-state index contributed by atoms with van der Waals surface area (Å²) in [7, 11) is 0. The third-order valence-electron chi connectivity index (χ3n) is 4.00. The highest BCUT2D eigenvalue weighted by molar-refractivity contribution is 9.10. The normalized spacial score (nSPS) is 11.8. The van der Waals surface area contributed by atoms with Gasteiger partial charge in [0.2, 0.25) is 5.84 Å². The van der Waals surface area contributed by atoms with Crippen molar-refractivity contribution in [3.05, 3.63) is 83.1 Å². The number of rotatable bonds is 6. The number of aromatic nitrogens is 3. The lowest BCUT2D eigenvalue weighted by atomic mass is 10.3. The van der Waals surface area contributed by atoms with Crippen molar-refractivity contribution in [1.29, 1.82) is 0 Å². The highest BCUT2D eigenvalue weighted by Crippen LogP contribution is 2.19. The summed E-state index contributed by atoms with van der Waals surface area (Å²) in [6.07, 6.45) is 3.25. The first-order valence-corrected chi connectivity index (χ1v) is 11.0. The number of halogens is 1. The number of imidazole rings is 1. The minimum Gasteiger partial charge on any atom is -0.333 e. The second kappa shape index (κ2) is 10.1. The number of pyridine rings is 1. The summed E-state index contributed by atoms with van der Waals surface area (Å²) < 4.78 is 0.946. The Morgan fingerprint density at radius 1 is 1.10 bits per heavy atom. The molecule has 0 aliphatic carbocycles. The van der Waals surface area contributed by atoms with E-state index in [0.717, 1.165) is 15.5 Å². The number of azo groups is 1. The van der Waals surface area contributed by atoms with E-state index in [1.807, 2.05) is 48.5 Å². The standard InChI is InChI=1S/C21H16BrN7OS/c22-15-7-9-16(10-8-15)26-28-20(14-4-3-11-23-12-14)29-27-19(30)13-31-21-24-17-5-1-2-6-18(17)25-21/h1-12H,13H2,(H,24,25)(H,27,30)/b28-26?,29-20+. The number of hydrazone groups is 1. The third-order valence-corrected chi connectivity index (χ3v) is 5.40. The van der Waals surface area contributed by atoms with E-state index in [1.54, 1.807) is 24.5 Å². The monoisotopic (exact) mass is 493 g/mol. The summed E-state index contributed by atoms with van der Waals surface area (Å²) in [4.78, 5) is 24.0. The van der Waals surface area contributed by atoms with Crippen molar-refractivity contribution >= 4 is 56.2 Å². The molecule has 2 heterocycles. The van der Waals surface area contributed by atoms with E-state index in [0.29, 0.717) is 16.4 Å². The van der Waals surface area contributed by atoms with Crippen LogP contribution in [0.25, 0.3) is 11.0 Å². The molecule has 1 amide bonds. The van der Waals surface area contributed by atoms with Crippen molar-refractivity contribution in [1.82, 2.24) is 20.4 Å². The summed E-state index contributed by atoms with van der Waals surface area (Å²) >= 11 is 4.68. The SMILES string of the molecule is O=C(CSc1nc2ccccc2[nH]1)N/N=C(/N=Nc1ccc(Br)cc1)c1cccnc1. The maximum absolute atomic E-state index is 12.3. The van der Waals surface area contributed by atoms with Gasteiger partial charge in [0.25, 0.3) is 5.91 Å². The van der Waals surface area contributed by atoms with Crippen molar-refractivity contribution < 1.29 is 4.79 Å². The van der Waals surface area contributed by atoms with E-state index in [2.05, 4.69) is 51.6 Å². The number of thioether (sulfide) groups is 1. The van der Waals surface area contributed by atoms with E-state index in [-0.39, 0.29) is 17.5 Å². The number of carbonyl (C=O) groups is 1. The Morgan fingerprint density at radius 2 is 1.94 bits per heavy atom. The molecule has 0 fully saturated rings. The van der Waals surface area contributed by atoms with Crippen LogP contribution in [0.2, 0.25) is 0 Å². The molecule has 2 N–H and O–H groups in total. The molecule has 0 saturated heterocycles. The van der Waals surface area contributed by atoms with E-state index in [4.69, 9.17) is 0 Å². The fourth-order valence-corrected chi connectivity index (χ4v) is 3.47. The Bertz CT molecular complexity index is 1210. The van der Waals surface area contributed by atoms with Gasteiger partial charge in [-0.2, -0.15) is 5.10 Å². The summed E-state index contributed by atoms with van der Waals surface area (Å²) in [5.74, 6) is 0.108. The van der Waals surface area contributed by atoms with Crippen molar-refractivity contribution in [2.45, 2.75) is 5.16 Å². The van der Waals surface area contributed by atoms with Crippen molar-refractivity contribution in [3.8, 4) is 0 Å². The Hall–Kier alpha value is -3.37. The average Bonchev–Trinajstić information content (AvgIpc) is 3.22. The summed E-state index contributed by atoms with van der Waals surface area (Å²) in [5, 5.41) is 13.2. The fourth-order valence-electron chi connectivity index (χ4n) is 2.53. The van der Waals surface area contributed by atoms with Crippen LogP contribution >= 0.6 is 27.7 Å². The van der Waals surface area contributed by atoms with Crippen LogP contribution in [0.3, 0.4) is 0 Å². The number of aromatic amines is 1. The molecule has 0 aliphatic heterocycles. The molecule has 0 unspecified atom stereocenters. The molecule has 0 saturated carbocycles. The number of nitrogens with zero attached hydrogens (tertiary/aromatic N) is 5.